The van der Waals surface area contributed by atoms with Gasteiger partial charge in [-0.05, 0) is 19.5 Å². The maximum Gasteiger partial charge on any atom is 0.330 e. The van der Waals surface area contributed by atoms with Gasteiger partial charge in [-0.2, -0.15) is 0 Å². The van der Waals surface area contributed by atoms with E-state index in [1.807, 2.05) is 13.8 Å². The summed E-state index contributed by atoms with van der Waals surface area (Å²) in [5.41, 5.74) is 0.381. The minimum absolute atomic E-state index is 0.0132. The van der Waals surface area contributed by atoms with E-state index in [1.165, 1.54) is 0 Å². The lowest BCUT2D eigenvalue weighted by Crippen LogP contribution is -2.38. The normalized spacial score (nSPS) is 13.6. The highest BCUT2D eigenvalue weighted by Crippen LogP contribution is 2.23. The van der Waals surface area contributed by atoms with Crippen molar-refractivity contribution in [3.8, 4) is 0 Å². The van der Waals surface area contributed by atoms with Crippen LogP contribution in [0.1, 0.15) is 31.9 Å². The molecule has 0 aliphatic carbocycles. The molecular weight excluding hydrogens is 280 g/mol. The minimum Gasteiger partial charge on any atom is -0.479 e. The lowest BCUT2D eigenvalue weighted by Gasteiger charge is -2.18. The van der Waals surface area contributed by atoms with Crippen molar-refractivity contribution >= 4 is 23.5 Å². The summed E-state index contributed by atoms with van der Waals surface area (Å²) in [6, 6.07) is 5.44. The highest BCUT2D eigenvalue weighted by atomic mass is 35.5. The molecule has 6 heteroatoms. The molecule has 0 aromatic heterocycles. The van der Waals surface area contributed by atoms with Crippen LogP contribution in [-0.2, 0) is 9.59 Å². The lowest BCUT2D eigenvalue weighted by atomic mass is 10.1. The Balaban J connectivity index is 2.77. The van der Waals surface area contributed by atoms with Crippen molar-refractivity contribution in [2.75, 3.05) is 6.54 Å². The largest absolute Gasteiger partial charge is 0.479 e. The summed E-state index contributed by atoms with van der Waals surface area (Å²) in [5, 5.41) is 15.2. The molecule has 0 saturated heterocycles. The Hall–Kier alpha value is -1.59. The van der Waals surface area contributed by atoms with E-state index in [2.05, 4.69) is 10.6 Å². The second-order valence-electron chi connectivity index (χ2n) is 4.52. The highest BCUT2D eigenvalue weighted by Gasteiger charge is 2.24. The molecule has 1 aromatic carbocycles. The third-order valence-corrected chi connectivity index (χ3v) is 3.16. The molecule has 1 unspecified atom stereocenters. The molecule has 0 heterocycles. The number of benzene rings is 1. The fourth-order valence-electron chi connectivity index (χ4n) is 1.90. The molecule has 0 fully saturated rings. The van der Waals surface area contributed by atoms with Crippen molar-refractivity contribution in [1.29, 1.82) is 0 Å². The third kappa shape index (κ3) is 4.83. The zero-order valence-electron chi connectivity index (χ0n) is 11.5. The number of hydrogen-bond acceptors (Lipinski definition) is 3. The molecule has 1 aromatic rings. The Kier molecular flexibility index (Phi) is 6.48. The van der Waals surface area contributed by atoms with Crippen LogP contribution in [0, 0.1) is 0 Å². The number of nitrogens with one attached hydrogen (secondary N) is 2. The Morgan fingerprint density at radius 3 is 2.55 bits per heavy atom. The predicted octanol–water partition coefficient (Wildman–Crippen LogP) is 1.97. The topological polar surface area (TPSA) is 78.4 Å². The number of rotatable bonds is 7. The number of amides is 1. The van der Waals surface area contributed by atoms with Crippen molar-refractivity contribution in [2.24, 2.45) is 0 Å². The molecule has 20 heavy (non-hydrogen) atoms. The number of carbonyl (C=O) groups is 2. The minimum atomic E-state index is -1.14. The molecular formula is C14H19ClN2O3. The standard InChI is InChI=1S/C14H19ClN2O3/c1-3-16-9(2)8-12(18)17-13(14(19)20)10-6-4-5-7-11(10)15/h4-7,9,13,16H,3,8H2,1-2H3,(H,17,18)(H,19,20)/t9?,13-/m1/s1. The third-order valence-electron chi connectivity index (χ3n) is 2.81. The van der Waals surface area contributed by atoms with Gasteiger partial charge < -0.3 is 15.7 Å². The molecule has 5 nitrogen and oxygen atoms in total. The van der Waals surface area contributed by atoms with E-state index in [0.29, 0.717) is 10.6 Å². The van der Waals surface area contributed by atoms with Crippen LogP contribution in [0.5, 0.6) is 0 Å². The molecule has 2 atom stereocenters. The number of carboxylic acids is 1. The SMILES string of the molecule is CCNC(C)CC(=O)N[C@@H](C(=O)O)c1ccccc1Cl. The predicted molar refractivity (Wildman–Crippen MR) is 77.7 cm³/mol. The number of carbonyl (C=O) groups excluding carboxylic acids is 1. The van der Waals surface area contributed by atoms with Gasteiger partial charge in [-0.3, -0.25) is 4.79 Å². The van der Waals surface area contributed by atoms with E-state index in [4.69, 9.17) is 11.6 Å². The first kappa shape index (κ1) is 16.5. The van der Waals surface area contributed by atoms with Crippen LogP contribution < -0.4 is 10.6 Å². The molecule has 0 bridgehead atoms. The van der Waals surface area contributed by atoms with Gasteiger partial charge in [0, 0.05) is 23.0 Å². The van der Waals surface area contributed by atoms with E-state index in [0.717, 1.165) is 6.54 Å². The lowest BCUT2D eigenvalue weighted by molar-refractivity contribution is -0.142. The summed E-state index contributed by atoms with van der Waals surface area (Å²) in [5.74, 6) is -1.46. The molecule has 0 aliphatic heterocycles. The van der Waals surface area contributed by atoms with E-state index in [1.54, 1.807) is 24.3 Å². The summed E-state index contributed by atoms with van der Waals surface area (Å²) < 4.78 is 0. The first-order valence-electron chi connectivity index (χ1n) is 6.45. The van der Waals surface area contributed by atoms with Crippen molar-refractivity contribution in [2.45, 2.75) is 32.4 Å². The van der Waals surface area contributed by atoms with Crippen molar-refractivity contribution in [3.63, 3.8) is 0 Å². The Bertz CT molecular complexity index is 479. The Morgan fingerprint density at radius 2 is 2.00 bits per heavy atom. The van der Waals surface area contributed by atoms with Gasteiger partial charge in [-0.1, -0.05) is 36.7 Å². The smallest absolute Gasteiger partial charge is 0.330 e. The number of carboxylic acid groups (broad SMARTS) is 1. The van der Waals surface area contributed by atoms with Crippen LogP contribution in [0.2, 0.25) is 5.02 Å². The summed E-state index contributed by atoms with van der Waals surface area (Å²) in [4.78, 5) is 23.2. The van der Waals surface area contributed by atoms with Crippen LogP contribution >= 0.6 is 11.6 Å². The summed E-state index contributed by atoms with van der Waals surface area (Å²) >= 11 is 5.97. The summed E-state index contributed by atoms with van der Waals surface area (Å²) in [6.07, 6.45) is 0.210. The van der Waals surface area contributed by atoms with Crippen LogP contribution in [-0.4, -0.2) is 29.6 Å². The van der Waals surface area contributed by atoms with Gasteiger partial charge in [0.25, 0.3) is 0 Å². The molecule has 3 N–H and O–H groups in total. The van der Waals surface area contributed by atoms with Gasteiger partial charge in [-0.15, -0.1) is 0 Å². The average Bonchev–Trinajstić information content (AvgIpc) is 2.37. The first-order valence-corrected chi connectivity index (χ1v) is 6.83. The second-order valence-corrected chi connectivity index (χ2v) is 4.93. The summed E-state index contributed by atoms with van der Waals surface area (Å²) in [7, 11) is 0. The number of halogens is 1. The Labute approximate surface area is 123 Å². The molecule has 0 saturated carbocycles. The van der Waals surface area contributed by atoms with Crippen LogP contribution in [0.4, 0.5) is 0 Å². The quantitative estimate of drug-likeness (QED) is 0.719. The summed E-state index contributed by atoms with van der Waals surface area (Å²) in [6.45, 7) is 4.56. The van der Waals surface area contributed by atoms with E-state index >= 15 is 0 Å². The van der Waals surface area contributed by atoms with E-state index < -0.39 is 12.0 Å². The zero-order chi connectivity index (χ0) is 15.1. The molecule has 1 amide bonds. The van der Waals surface area contributed by atoms with Gasteiger partial charge in [0.1, 0.15) is 0 Å². The van der Waals surface area contributed by atoms with Gasteiger partial charge in [0.15, 0.2) is 6.04 Å². The van der Waals surface area contributed by atoms with Crippen molar-refractivity contribution in [1.82, 2.24) is 10.6 Å². The fourth-order valence-corrected chi connectivity index (χ4v) is 2.15. The maximum absolute atomic E-state index is 11.9. The molecule has 0 radical (unpaired) electrons. The van der Waals surface area contributed by atoms with Crippen LogP contribution in [0.25, 0.3) is 0 Å². The highest BCUT2D eigenvalue weighted by molar-refractivity contribution is 6.31. The van der Waals surface area contributed by atoms with Crippen LogP contribution in [0.3, 0.4) is 0 Å². The van der Waals surface area contributed by atoms with E-state index in [-0.39, 0.29) is 18.4 Å². The van der Waals surface area contributed by atoms with Gasteiger partial charge >= 0.3 is 5.97 Å². The fraction of sp³-hybridized carbons (Fsp3) is 0.429. The van der Waals surface area contributed by atoms with Crippen molar-refractivity contribution in [3.05, 3.63) is 34.9 Å². The van der Waals surface area contributed by atoms with Gasteiger partial charge in [-0.25, -0.2) is 4.79 Å². The van der Waals surface area contributed by atoms with Gasteiger partial charge in [0.05, 0.1) is 0 Å². The Morgan fingerprint density at radius 1 is 1.35 bits per heavy atom. The van der Waals surface area contributed by atoms with E-state index in [9.17, 15) is 14.7 Å². The maximum atomic E-state index is 11.9. The van der Waals surface area contributed by atoms with Crippen LogP contribution in [0.15, 0.2) is 24.3 Å². The second kappa shape index (κ2) is 7.87. The molecule has 1 rings (SSSR count). The zero-order valence-corrected chi connectivity index (χ0v) is 12.3. The molecule has 0 aliphatic rings. The monoisotopic (exact) mass is 298 g/mol. The van der Waals surface area contributed by atoms with Gasteiger partial charge in [0.2, 0.25) is 5.91 Å². The first-order chi connectivity index (χ1) is 9.45. The number of hydrogen-bond donors (Lipinski definition) is 3. The van der Waals surface area contributed by atoms with Crippen molar-refractivity contribution < 1.29 is 14.7 Å². The average molecular weight is 299 g/mol. The molecule has 0 spiro atoms. The number of aliphatic carboxylic acids is 1. The molecule has 110 valence electrons.